The lowest BCUT2D eigenvalue weighted by Crippen LogP contribution is -2.32. The van der Waals surface area contributed by atoms with E-state index in [4.69, 9.17) is 4.74 Å². The van der Waals surface area contributed by atoms with Crippen molar-refractivity contribution in [3.63, 3.8) is 0 Å². The summed E-state index contributed by atoms with van der Waals surface area (Å²) >= 11 is 0. The molecule has 1 heterocycles. The number of hydrogen-bond donors (Lipinski definition) is 1. The SMILES string of the molecule is CC1(CC(O)C2C3COCC32)CCC1. The van der Waals surface area contributed by atoms with E-state index in [1.807, 2.05) is 0 Å². The van der Waals surface area contributed by atoms with E-state index in [-0.39, 0.29) is 6.10 Å². The van der Waals surface area contributed by atoms with Gasteiger partial charge in [0.2, 0.25) is 0 Å². The summed E-state index contributed by atoms with van der Waals surface area (Å²) in [5.41, 5.74) is 0.469. The van der Waals surface area contributed by atoms with Gasteiger partial charge >= 0.3 is 0 Å². The van der Waals surface area contributed by atoms with Crippen molar-refractivity contribution < 1.29 is 9.84 Å². The fourth-order valence-corrected chi connectivity index (χ4v) is 3.48. The molecule has 0 aromatic carbocycles. The van der Waals surface area contributed by atoms with Gasteiger partial charge in [-0.15, -0.1) is 0 Å². The van der Waals surface area contributed by atoms with Crippen molar-refractivity contribution in [2.75, 3.05) is 13.2 Å². The molecule has 3 unspecified atom stereocenters. The summed E-state index contributed by atoms with van der Waals surface area (Å²) in [6.45, 7) is 4.14. The molecule has 0 aromatic rings. The normalized spacial score (nSPS) is 45.4. The molecule has 1 saturated heterocycles. The van der Waals surface area contributed by atoms with Crippen LogP contribution in [0.3, 0.4) is 0 Å². The first-order valence-electron chi connectivity index (χ1n) is 5.95. The summed E-state index contributed by atoms with van der Waals surface area (Å²) in [5.74, 6) is 1.99. The van der Waals surface area contributed by atoms with Crippen LogP contribution in [0.5, 0.6) is 0 Å². The number of aliphatic hydroxyl groups excluding tert-OH is 1. The Labute approximate surface area is 85.6 Å². The lowest BCUT2D eigenvalue weighted by molar-refractivity contribution is 0.0238. The van der Waals surface area contributed by atoms with E-state index >= 15 is 0 Å². The first-order chi connectivity index (χ1) is 6.70. The van der Waals surface area contributed by atoms with Crippen molar-refractivity contribution in [1.29, 1.82) is 0 Å². The molecule has 0 amide bonds. The van der Waals surface area contributed by atoms with E-state index in [1.54, 1.807) is 0 Å². The van der Waals surface area contributed by atoms with Crippen LogP contribution in [0, 0.1) is 23.2 Å². The van der Waals surface area contributed by atoms with E-state index in [1.165, 1.54) is 19.3 Å². The van der Waals surface area contributed by atoms with Gasteiger partial charge in [0.25, 0.3) is 0 Å². The van der Waals surface area contributed by atoms with Gasteiger partial charge in [0.05, 0.1) is 19.3 Å². The van der Waals surface area contributed by atoms with Crippen LogP contribution in [-0.2, 0) is 4.74 Å². The van der Waals surface area contributed by atoms with Crippen molar-refractivity contribution in [3.05, 3.63) is 0 Å². The Bertz CT molecular complexity index is 224. The number of ether oxygens (including phenoxy) is 1. The Kier molecular flexibility index (Phi) is 1.94. The molecule has 1 aliphatic heterocycles. The minimum atomic E-state index is -0.0424. The zero-order valence-electron chi connectivity index (χ0n) is 8.91. The maximum Gasteiger partial charge on any atom is 0.0580 e. The van der Waals surface area contributed by atoms with E-state index in [9.17, 15) is 5.11 Å². The van der Waals surface area contributed by atoms with Crippen LogP contribution >= 0.6 is 0 Å². The van der Waals surface area contributed by atoms with Gasteiger partial charge in [0.1, 0.15) is 0 Å². The molecule has 80 valence electrons. The highest BCUT2D eigenvalue weighted by molar-refractivity contribution is 5.05. The van der Waals surface area contributed by atoms with Crippen molar-refractivity contribution in [2.45, 2.75) is 38.7 Å². The van der Waals surface area contributed by atoms with Crippen LogP contribution in [0.25, 0.3) is 0 Å². The summed E-state index contributed by atoms with van der Waals surface area (Å²) in [6.07, 6.45) is 5.00. The predicted octanol–water partition coefficient (Wildman–Crippen LogP) is 1.82. The van der Waals surface area contributed by atoms with Gasteiger partial charge in [-0.3, -0.25) is 0 Å². The quantitative estimate of drug-likeness (QED) is 0.746. The van der Waals surface area contributed by atoms with Gasteiger partial charge in [0, 0.05) is 0 Å². The van der Waals surface area contributed by atoms with Gasteiger partial charge in [-0.2, -0.15) is 0 Å². The van der Waals surface area contributed by atoms with Crippen molar-refractivity contribution in [1.82, 2.24) is 0 Å². The maximum absolute atomic E-state index is 10.1. The molecule has 2 aliphatic carbocycles. The fourth-order valence-electron chi connectivity index (χ4n) is 3.48. The lowest BCUT2D eigenvalue weighted by Gasteiger charge is -2.40. The topological polar surface area (TPSA) is 29.5 Å². The summed E-state index contributed by atoms with van der Waals surface area (Å²) in [6, 6.07) is 0. The average molecular weight is 196 g/mol. The molecule has 14 heavy (non-hydrogen) atoms. The third kappa shape index (κ3) is 1.31. The van der Waals surface area contributed by atoms with E-state index < -0.39 is 0 Å². The molecular weight excluding hydrogens is 176 g/mol. The molecule has 3 atom stereocenters. The molecule has 2 saturated carbocycles. The van der Waals surface area contributed by atoms with Crippen LogP contribution in [0.4, 0.5) is 0 Å². The molecule has 1 N–H and O–H groups in total. The number of rotatable bonds is 3. The second-order valence-corrected chi connectivity index (χ2v) is 5.88. The molecule has 0 aromatic heterocycles. The Morgan fingerprint density at radius 3 is 2.50 bits per heavy atom. The van der Waals surface area contributed by atoms with Gasteiger partial charge < -0.3 is 9.84 Å². The average Bonchev–Trinajstić information content (AvgIpc) is 2.59. The Morgan fingerprint density at radius 1 is 1.36 bits per heavy atom. The Balaban J connectivity index is 1.54. The van der Waals surface area contributed by atoms with Crippen LogP contribution in [0.15, 0.2) is 0 Å². The highest BCUT2D eigenvalue weighted by atomic mass is 16.5. The van der Waals surface area contributed by atoms with Gasteiger partial charge in [-0.05, 0) is 42.4 Å². The molecule has 3 rings (SSSR count). The van der Waals surface area contributed by atoms with Crippen molar-refractivity contribution in [2.24, 2.45) is 23.2 Å². The fraction of sp³-hybridized carbons (Fsp3) is 1.00. The largest absolute Gasteiger partial charge is 0.393 e. The highest BCUT2D eigenvalue weighted by Crippen LogP contribution is 2.55. The third-order valence-electron chi connectivity index (χ3n) is 4.73. The Hall–Kier alpha value is -0.0800. The molecule has 3 aliphatic rings. The van der Waals surface area contributed by atoms with Crippen molar-refractivity contribution >= 4 is 0 Å². The molecule has 2 heteroatoms. The summed E-state index contributed by atoms with van der Waals surface area (Å²) in [5, 5.41) is 10.1. The molecule has 0 spiro atoms. The Morgan fingerprint density at radius 2 is 2.00 bits per heavy atom. The zero-order chi connectivity index (χ0) is 9.76. The van der Waals surface area contributed by atoms with Gasteiger partial charge in [0.15, 0.2) is 0 Å². The predicted molar refractivity (Wildman–Crippen MR) is 53.9 cm³/mol. The number of hydrogen-bond acceptors (Lipinski definition) is 2. The summed E-state index contributed by atoms with van der Waals surface area (Å²) in [7, 11) is 0. The maximum atomic E-state index is 10.1. The molecule has 0 bridgehead atoms. The van der Waals surface area contributed by atoms with E-state index in [0.717, 1.165) is 19.6 Å². The smallest absolute Gasteiger partial charge is 0.0580 e. The monoisotopic (exact) mass is 196 g/mol. The molecule has 3 fully saturated rings. The van der Waals surface area contributed by atoms with Crippen molar-refractivity contribution in [3.8, 4) is 0 Å². The molecular formula is C12H20O2. The standard InChI is InChI=1S/C12H20O2/c1-12(3-2-4-12)5-10(13)11-8-6-14-7-9(8)11/h8-11,13H,2-7H2,1H3. The minimum absolute atomic E-state index is 0.0424. The first kappa shape index (κ1) is 9.17. The summed E-state index contributed by atoms with van der Waals surface area (Å²) in [4.78, 5) is 0. The first-order valence-corrected chi connectivity index (χ1v) is 5.95. The highest BCUT2D eigenvalue weighted by Gasteiger charge is 2.57. The minimum Gasteiger partial charge on any atom is -0.393 e. The van der Waals surface area contributed by atoms with Gasteiger partial charge in [-0.25, -0.2) is 0 Å². The molecule has 2 nitrogen and oxygen atoms in total. The molecule has 0 radical (unpaired) electrons. The van der Waals surface area contributed by atoms with Crippen LogP contribution < -0.4 is 0 Å². The van der Waals surface area contributed by atoms with E-state index in [0.29, 0.717) is 23.2 Å². The summed E-state index contributed by atoms with van der Waals surface area (Å²) < 4.78 is 5.35. The van der Waals surface area contributed by atoms with Gasteiger partial charge in [-0.1, -0.05) is 13.3 Å². The zero-order valence-corrected chi connectivity index (χ0v) is 8.91. The lowest BCUT2D eigenvalue weighted by atomic mass is 9.67. The van der Waals surface area contributed by atoms with Crippen LogP contribution in [-0.4, -0.2) is 24.4 Å². The second kappa shape index (κ2) is 2.96. The number of fused-ring (bicyclic) bond motifs is 1. The van der Waals surface area contributed by atoms with E-state index in [2.05, 4.69) is 6.92 Å². The second-order valence-electron chi connectivity index (χ2n) is 5.88. The van der Waals surface area contributed by atoms with Crippen LogP contribution in [0.2, 0.25) is 0 Å². The third-order valence-corrected chi connectivity index (χ3v) is 4.73. The van der Waals surface area contributed by atoms with Crippen LogP contribution in [0.1, 0.15) is 32.6 Å². The number of aliphatic hydroxyl groups is 1.